The highest BCUT2D eigenvalue weighted by Crippen LogP contribution is 2.36. The summed E-state index contributed by atoms with van der Waals surface area (Å²) in [5.74, 6) is 0.656. The Kier molecular flexibility index (Phi) is 3.17. The lowest BCUT2D eigenvalue weighted by Crippen LogP contribution is -2.28. The van der Waals surface area contributed by atoms with E-state index in [1.807, 2.05) is 0 Å². The number of primary amides is 1. The quantitative estimate of drug-likeness (QED) is 0.763. The van der Waals surface area contributed by atoms with Gasteiger partial charge in [0.25, 0.3) is 0 Å². The minimum absolute atomic E-state index is 0.317. The first-order chi connectivity index (χ1) is 7.66. The standard InChI is InChI=1S/C12H18N2O2/c1-8-5-11(9-3-2-4-9)10(6-14-8)7-16-12(13)15/h5,9,14H,2-4,6-7H2,1H3,(H2,13,15). The molecule has 0 atom stereocenters. The summed E-state index contributed by atoms with van der Waals surface area (Å²) in [6.45, 7) is 3.14. The van der Waals surface area contributed by atoms with Gasteiger partial charge in [-0.3, -0.25) is 0 Å². The Hall–Kier alpha value is -1.45. The van der Waals surface area contributed by atoms with Gasteiger partial charge in [-0.25, -0.2) is 4.79 Å². The van der Waals surface area contributed by atoms with Crippen molar-refractivity contribution in [2.24, 2.45) is 11.7 Å². The van der Waals surface area contributed by atoms with Crippen molar-refractivity contribution < 1.29 is 9.53 Å². The molecule has 1 heterocycles. The van der Waals surface area contributed by atoms with Gasteiger partial charge < -0.3 is 15.8 Å². The van der Waals surface area contributed by atoms with Crippen molar-refractivity contribution in [3.63, 3.8) is 0 Å². The second-order valence-corrected chi connectivity index (χ2v) is 4.48. The second kappa shape index (κ2) is 4.60. The number of nitrogens with one attached hydrogen (secondary N) is 1. The van der Waals surface area contributed by atoms with Crippen LogP contribution in [0, 0.1) is 5.92 Å². The normalized spacial score (nSPS) is 20.9. The minimum Gasteiger partial charge on any atom is -0.445 e. The van der Waals surface area contributed by atoms with Gasteiger partial charge in [-0.05, 0) is 42.9 Å². The number of allylic oxidation sites excluding steroid dienone is 3. The van der Waals surface area contributed by atoms with E-state index in [9.17, 15) is 4.79 Å². The van der Waals surface area contributed by atoms with Crippen LogP contribution in [0.4, 0.5) is 4.79 Å². The van der Waals surface area contributed by atoms with Crippen molar-refractivity contribution in [2.75, 3.05) is 13.2 Å². The van der Waals surface area contributed by atoms with Crippen LogP contribution >= 0.6 is 0 Å². The van der Waals surface area contributed by atoms with E-state index < -0.39 is 6.09 Å². The first-order valence-corrected chi connectivity index (χ1v) is 5.73. The van der Waals surface area contributed by atoms with E-state index in [2.05, 4.69) is 18.3 Å². The summed E-state index contributed by atoms with van der Waals surface area (Å²) in [5.41, 5.74) is 8.68. The topological polar surface area (TPSA) is 64.3 Å². The third kappa shape index (κ3) is 2.38. The molecule has 1 saturated carbocycles. The number of carbonyl (C=O) groups excluding carboxylic acids is 1. The summed E-state index contributed by atoms with van der Waals surface area (Å²) < 4.78 is 4.88. The van der Waals surface area contributed by atoms with Crippen LogP contribution in [0.15, 0.2) is 22.9 Å². The molecule has 2 rings (SSSR count). The van der Waals surface area contributed by atoms with Crippen LogP contribution in [0.3, 0.4) is 0 Å². The van der Waals surface area contributed by atoms with Gasteiger partial charge in [-0.1, -0.05) is 6.42 Å². The molecule has 1 amide bonds. The molecule has 0 bridgehead atoms. The lowest BCUT2D eigenvalue weighted by molar-refractivity contribution is 0.165. The van der Waals surface area contributed by atoms with Crippen molar-refractivity contribution in [3.05, 3.63) is 22.9 Å². The monoisotopic (exact) mass is 222 g/mol. The summed E-state index contributed by atoms with van der Waals surface area (Å²) in [4.78, 5) is 10.6. The maximum Gasteiger partial charge on any atom is 0.404 e. The second-order valence-electron chi connectivity index (χ2n) is 4.48. The summed E-state index contributed by atoms with van der Waals surface area (Å²) in [7, 11) is 0. The molecule has 1 fully saturated rings. The number of rotatable bonds is 3. The maximum atomic E-state index is 10.6. The summed E-state index contributed by atoms with van der Waals surface area (Å²) in [6.07, 6.45) is 5.27. The highest BCUT2D eigenvalue weighted by Gasteiger charge is 2.25. The number of ether oxygens (including phenoxy) is 1. The number of dihydropyridines is 1. The molecular formula is C12H18N2O2. The van der Waals surface area contributed by atoms with E-state index in [0.717, 1.165) is 12.1 Å². The molecule has 4 nitrogen and oxygen atoms in total. The van der Waals surface area contributed by atoms with E-state index in [1.54, 1.807) is 0 Å². The van der Waals surface area contributed by atoms with E-state index in [4.69, 9.17) is 10.5 Å². The molecule has 2 aliphatic rings. The molecule has 4 heteroatoms. The number of carbonyl (C=O) groups is 1. The fraction of sp³-hybridized carbons (Fsp3) is 0.583. The summed E-state index contributed by atoms with van der Waals surface area (Å²) >= 11 is 0. The zero-order chi connectivity index (χ0) is 11.5. The molecular weight excluding hydrogens is 204 g/mol. The Bertz CT molecular complexity index is 354. The summed E-state index contributed by atoms with van der Waals surface area (Å²) in [6, 6.07) is 0. The molecule has 0 aromatic heterocycles. The third-order valence-corrected chi connectivity index (χ3v) is 3.29. The molecule has 1 aliphatic heterocycles. The van der Waals surface area contributed by atoms with Gasteiger partial charge in [0.2, 0.25) is 0 Å². The Morgan fingerprint density at radius 2 is 2.38 bits per heavy atom. The Labute approximate surface area is 95.5 Å². The zero-order valence-corrected chi connectivity index (χ0v) is 9.58. The van der Waals surface area contributed by atoms with Crippen LogP contribution in [-0.4, -0.2) is 19.2 Å². The van der Waals surface area contributed by atoms with Crippen LogP contribution in [0.25, 0.3) is 0 Å². The smallest absolute Gasteiger partial charge is 0.404 e. The van der Waals surface area contributed by atoms with Gasteiger partial charge in [0.05, 0.1) is 0 Å². The van der Waals surface area contributed by atoms with Crippen LogP contribution in [0.2, 0.25) is 0 Å². The fourth-order valence-electron chi connectivity index (χ4n) is 2.15. The van der Waals surface area contributed by atoms with E-state index in [1.165, 1.54) is 30.5 Å². The van der Waals surface area contributed by atoms with Crippen LogP contribution < -0.4 is 11.1 Å². The molecule has 0 unspecified atom stereocenters. The molecule has 88 valence electrons. The van der Waals surface area contributed by atoms with E-state index in [-0.39, 0.29) is 0 Å². The number of hydrogen-bond acceptors (Lipinski definition) is 3. The predicted octanol–water partition coefficient (Wildman–Crippen LogP) is 1.69. The van der Waals surface area contributed by atoms with Gasteiger partial charge in [-0.2, -0.15) is 0 Å². The maximum absolute atomic E-state index is 10.6. The third-order valence-electron chi connectivity index (χ3n) is 3.29. The average Bonchev–Trinajstić information content (AvgIpc) is 2.13. The number of amides is 1. The van der Waals surface area contributed by atoms with Gasteiger partial charge >= 0.3 is 6.09 Å². The van der Waals surface area contributed by atoms with Crippen LogP contribution in [0.5, 0.6) is 0 Å². The van der Waals surface area contributed by atoms with Crippen molar-refractivity contribution >= 4 is 6.09 Å². The molecule has 0 radical (unpaired) electrons. The fourth-order valence-corrected chi connectivity index (χ4v) is 2.15. The largest absolute Gasteiger partial charge is 0.445 e. The SMILES string of the molecule is CC1=CC(C2CCC2)=C(COC(N)=O)CN1. The molecule has 1 aliphatic carbocycles. The summed E-state index contributed by atoms with van der Waals surface area (Å²) in [5, 5.41) is 3.26. The number of nitrogens with two attached hydrogens (primary N) is 1. The van der Waals surface area contributed by atoms with Gasteiger partial charge in [-0.15, -0.1) is 0 Å². The van der Waals surface area contributed by atoms with Gasteiger partial charge in [0, 0.05) is 12.2 Å². The predicted molar refractivity (Wildman–Crippen MR) is 61.7 cm³/mol. The lowest BCUT2D eigenvalue weighted by atomic mass is 9.77. The van der Waals surface area contributed by atoms with Crippen molar-refractivity contribution in [3.8, 4) is 0 Å². The van der Waals surface area contributed by atoms with E-state index >= 15 is 0 Å². The number of hydrogen-bond donors (Lipinski definition) is 2. The first kappa shape index (κ1) is 11.0. The lowest BCUT2D eigenvalue weighted by Gasteiger charge is -2.31. The van der Waals surface area contributed by atoms with Gasteiger partial charge in [0.15, 0.2) is 0 Å². The molecule has 16 heavy (non-hydrogen) atoms. The van der Waals surface area contributed by atoms with Crippen molar-refractivity contribution in [1.82, 2.24) is 5.32 Å². The Morgan fingerprint density at radius 3 is 2.94 bits per heavy atom. The molecule has 0 spiro atoms. The van der Waals surface area contributed by atoms with Crippen molar-refractivity contribution in [1.29, 1.82) is 0 Å². The van der Waals surface area contributed by atoms with Gasteiger partial charge in [0.1, 0.15) is 6.61 Å². The average molecular weight is 222 g/mol. The minimum atomic E-state index is -0.702. The van der Waals surface area contributed by atoms with E-state index in [0.29, 0.717) is 12.5 Å². The highest BCUT2D eigenvalue weighted by atomic mass is 16.5. The molecule has 3 N–H and O–H groups in total. The van der Waals surface area contributed by atoms with Crippen LogP contribution in [-0.2, 0) is 4.74 Å². The zero-order valence-electron chi connectivity index (χ0n) is 9.58. The van der Waals surface area contributed by atoms with Crippen LogP contribution in [0.1, 0.15) is 26.2 Å². The molecule has 0 aromatic carbocycles. The highest BCUT2D eigenvalue weighted by molar-refractivity contribution is 5.64. The first-order valence-electron chi connectivity index (χ1n) is 5.73. The Balaban J connectivity index is 2.11. The molecule has 0 aromatic rings. The Morgan fingerprint density at radius 1 is 1.62 bits per heavy atom. The molecule has 0 saturated heterocycles. The van der Waals surface area contributed by atoms with Crippen molar-refractivity contribution in [2.45, 2.75) is 26.2 Å².